The van der Waals surface area contributed by atoms with Crippen LogP contribution in [0.25, 0.3) is 0 Å². The molecular weight excluding hydrogens is 182 g/mol. The fraction of sp³-hybridized carbons (Fsp3) is 1.00. The molecule has 0 aromatic rings. The standard InChI is InChI=1S/C10H21NOS/c1-11(5-6-12-7-8-13)9-10-3-2-4-10/h10,13H,2-9H2,1H3. The molecule has 2 nitrogen and oxygen atoms in total. The highest BCUT2D eigenvalue weighted by molar-refractivity contribution is 7.80. The van der Waals surface area contributed by atoms with Crippen molar-refractivity contribution in [1.29, 1.82) is 0 Å². The summed E-state index contributed by atoms with van der Waals surface area (Å²) < 4.78 is 5.37. The topological polar surface area (TPSA) is 12.5 Å². The number of rotatable bonds is 7. The van der Waals surface area contributed by atoms with E-state index < -0.39 is 0 Å². The van der Waals surface area contributed by atoms with Crippen LogP contribution in [0.15, 0.2) is 0 Å². The SMILES string of the molecule is CN(CCOCCS)CC1CCC1. The lowest BCUT2D eigenvalue weighted by Crippen LogP contribution is -2.31. The summed E-state index contributed by atoms with van der Waals surface area (Å²) in [6.45, 7) is 3.94. The third kappa shape index (κ3) is 4.89. The second-order valence-electron chi connectivity index (χ2n) is 3.90. The molecular formula is C10H21NOS. The normalized spacial score (nSPS) is 17.8. The number of likely N-dealkylation sites (N-methyl/N-ethyl adjacent to an activating group) is 1. The number of thiol groups is 1. The maximum atomic E-state index is 5.37. The molecule has 0 atom stereocenters. The third-order valence-corrected chi connectivity index (χ3v) is 2.83. The van der Waals surface area contributed by atoms with E-state index in [2.05, 4.69) is 24.6 Å². The summed E-state index contributed by atoms with van der Waals surface area (Å²) in [4.78, 5) is 2.38. The minimum Gasteiger partial charge on any atom is -0.379 e. The molecule has 1 rings (SSSR count). The van der Waals surface area contributed by atoms with Crippen molar-refractivity contribution in [3.05, 3.63) is 0 Å². The Morgan fingerprint density at radius 3 is 2.69 bits per heavy atom. The van der Waals surface area contributed by atoms with E-state index in [9.17, 15) is 0 Å². The van der Waals surface area contributed by atoms with Gasteiger partial charge in [-0.3, -0.25) is 0 Å². The first-order chi connectivity index (χ1) is 6.33. The van der Waals surface area contributed by atoms with Crippen molar-refractivity contribution in [2.75, 3.05) is 39.1 Å². The van der Waals surface area contributed by atoms with Gasteiger partial charge in [0.2, 0.25) is 0 Å². The monoisotopic (exact) mass is 203 g/mol. The summed E-state index contributed by atoms with van der Waals surface area (Å²) in [5.41, 5.74) is 0. The average molecular weight is 203 g/mol. The summed E-state index contributed by atoms with van der Waals surface area (Å²) in [5.74, 6) is 1.79. The molecule has 0 radical (unpaired) electrons. The zero-order valence-electron chi connectivity index (χ0n) is 8.54. The van der Waals surface area contributed by atoms with E-state index in [1.807, 2.05) is 0 Å². The van der Waals surface area contributed by atoms with E-state index >= 15 is 0 Å². The molecule has 0 N–H and O–H groups in total. The first-order valence-corrected chi connectivity index (χ1v) is 5.83. The third-order valence-electron chi connectivity index (χ3n) is 2.65. The Hall–Kier alpha value is 0.270. The molecule has 1 aliphatic rings. The quantitative estimate of drug-likeness (QED) is 0.499. The minimum atomic E-state index is 0.778. The van der Waals surface area contributed by atoms with Crippen molar-refractivity contribution < 1.29 is 4.74 Å². The lowest BCUT2D eigenvalue weighted by Gasteiger charge is -2.29. The maximum Gasteiger partial charge on any atom is 0.0593 e. The van der Waals surface area contributed by atoms with Gasteiger partial charge in [-0.25, -0.2) is 0 Å². The van der Waals surface area contributed by atoms with Crippen LogP contribution < -0.4 is 0 Å². The lowest BCUT2D eigenvalue weighted by molar-refractivity contribution is 0.110. The highest BCUT2D eigenvalue weighted by Crippen LogP contribution is 2.26. The summed E-state index contributed by atoms with van der Waals surface area (Å²) in [7, 11) is 2.18. The van der Waals surface area contributed by atoms with Crippen LogP contribution in [-0.2, 0) is 4.74 Å². The second-order valence-corrected chi connectivity index (χ2v) is 4.34. The molecule has 0 spiro atoms. The predicted molar refractivity (Wildman–Crippen MR) is 59.5 cm³/mol. The fourth-order valence-electron chi connectivity index (χ4n) is 1.59. The van der Waals surface area contributed by atoms with Gasteiger partial charge in [-0.15, -0.1) is 0 Å². The molecule has 0 aromatic heterocycles. The van der Waals surface area contributed by atoms with Crippen LogP contribution in [0.1, 0.15) is 19.3 Å². The van der Waals surface area contributed by atoms with Gasteiger partial charge in [-0.1, -0.05) is 6.42 Å². The van der Waals surface area contributed by atoms with Crippen LogP contribution in [0.4, 0.5) is 0 Å². The molecule has 0 heterocycles. The van der Waals surface area contributed by atoms with Gasteiger partial charge in [0.1, 0.15) is 0 Å². The van der Waals surface area contributed by atoms with Gasteiger partial charge in [0.25, 0.3) is 0 Å². The molecule has 0 amide bonds. The zero-order chi connectivity index (χ0) is 9.52. The second kappa shape index (κ2) is 6.68. The number of ether oxygens (including phenoxy) is 1. The van der Waals surface area contributed by atoms with E-state index in [4.69, 9.17) is 4.74 Å². The van der Waals surface area contributed by atoms with Crippen LogP contribution in [0.5, 0.6) is 0 Å². The van der Waals surface area contributed by atoms with Crippen LogP contribution >= 0.6 is 12.6 Å². The largest absolute Gasteiger partial charge is 0.379 e. The van der Waals surface area contributed by atoms with Gasteiger partial charge in [0.15, 0.2) is 0 Å². The van der Waals surface area contributed by atoms with Crippen LogP contribution in [-0.4, -0.2) is 44.0 Å². The zero-order valence-corrected chi connectivity index (χ0v) is 9.43. The fourth-order valence-corrected chi connectivity index (χ4v) is 1.72. The van der Waals surface area contributed by atoms with Gasteiger partial charge in [-0.2, -0.15) is 12.6 Å². The van der Waals surface area contributed by atoms with Gasteiger partial charge >= 0.3 is 0 Å². The maximum absolute atomic E-state index is 5.37. The minimum absolute atomic E-state index is 0.778. The number of nitrogens with zero attached hydrogens (tertiary/aromatic N) is 1. The highest BCUT2D eigenvalue weighted by Gasteiger charge is 2.18. The van der Waals surface area contributed by atoms with Crippen molar-refractivity contribution >= 4 is 12.6 Å². The molecule has 13 heavy (non-hydrogen) atoms. The Morgan fingerprint density at radius 2 is 2.15 bits per heavy atom. The molecule has 78 valence electrons. The van der Waals surface area contributed by atoms with Gasteiger partial charge < -0.3 is 9.64 Å². The summed E-state index contributed by atoms with van der Waals surface area (Å²) in [6.07, 6.45) is 4.30. The van der Waals surface area contributed by atoms with Crippen molar-refractivity contribution in [3.63, 3.8) is 0 Å². The molecule has 0 unspecified atom stereocenters. The Labute approximate surface area is 87.0 Å². The predicted octanol–water partition coefficient (Wildman–Crippen LogP) is 1.66. The van der Waals surface area contributed by atoms with Crippen molar-refractivity contribution in [1.82, 2.24) is 4.90 Å². The Kier molecular flexibility index (Phi) is 5.83. The molecule has 0 aromatic carbocycles. The Morgan fingerprint density at radius 1 is 1.38 bits per heavy atom. The Bertz CT molecular complexity index is 128. The first-order valence-electron chi connectivity index (χ1n) is 5.20. The van der Waals surface area contributed by atoms with Crippen molar-refractivity contribution in [2.24, 2.45) is 5.92 Å². The molecule has 0 aliphatic heterocycles. The smallest absolute Gasteiger partial charge is 0.0593 e. The highest BCUT2D eigenvalue weighted by atomic mass is 32.1. The Balaban J connectivity index is 1.87. The van der Waals surface area contributed by atoms with Gasteiger partial charge in [0, 0.05) is 18.8 Å². The van der Waals surface area contributed by atoms with Gasteiger partial charge in [0.05, 0.1) is 13.2 Å². The molecule has 0 bridgehead atoms. The molecule has 1 aliphatic carbocycles. The van der Waals surface area contributed by atoms with Crippen molar-refractivity contribution in [2.45, 2.75) is 19.3 Å². The van der Waals surface area contributed by atoms with E-state index in [0.29, 0.717) is 0 Å². The van der Waals surface area contributed by atoms with Gasteiger partial charge in [-0.05, 0) is 25.8 Å². The average Bonchev–Trinajstić information content (AvgIpc) is 2.06. The van der Waals surface area contributed by atoms with Crippen LogP contribution in [0.2, 0.25) is 0 Å². The van der Waals surface area contributed by atoms with Crippen LogP contribution in [0.3, 0.4) is 0 Å². The van der Waals surface area contributed by atoms with E-state index in [1.54, 1.807) is 0 Å². The summed E-state index contributed by atoms with van der Waals surface area (Å²) >= 11 is 4.09. The first kappa shape index (κ1) is 11.3. The number of hydrogen-bond acceptors (Lipinski definition) is 3. The van der Waals surface area contributed by atoms with E-state index in [0.717, 1.165) is 31.4 Å². The summed E-state index contributed by atoms with van der Waals surface area (Å²) in [5, 5.41) is 0. The molecule has 1 saturated carbocycles. The van der Waals surface area contributed by atoms with Crippen LogP contribution in [0, 0.1) is 5.92 Å². The lowest BCUT2D eigenvalue weighted by atomic mass is 9.85. The summed E-state index contributed by atoms with van der Waals surface area (Å²) in [6, 6.07) is 0. The molecule has 0 saturated heterocycles. The van der Waals surface area contributed by atoms with E-state index in [1.165, 1.54) is 25.8 Å². The molecule has 3 heteroatoms. The molecule has 1 fully saturated rings. The van der Waals surface area contributed by atoms with E-state index in [-0.39, 0.29) is 0 Å². The number of hydrogen-bond donors (Lipinski definition) is 1. The van der Waals surface area contributed by atoms with Crippen molar-refractivity contribution in [3.8, 4) is 0 Å².